The molecule has 1 aliphatic heterocycles. The van der Waals surface area contributed by atoms with Gasteiger partial charge in [0.25, 0.3) is 0 Å². The Labute approximate surface area is 96.3 Å². The average Bonchev–Trinajstić information content (AvgIpc) is 2.66. The summed E-state index contributed by atoms with van der Waals surface area (Å²) < 4.78 is 5.72. The van der Waals surface area contributed by atoms with Gasteiger partial charge in [0.05, 0.1) is 6.54 Å². The van der Waals surface area contributed by atoms with Crippen LogP contribution in [0.1, 0.15) is 17.5 Å². The monoisotopic (exact) mass is 218 g/mol. The molecular formula is C13H18N2O. The van der Waals surface area contributed by atoms with Crippen LogP contribution in [-0.2, 0) is 11.2 Å². The van der Waals surface area contributed by atoms with E-state index in [2.05, 4.69) is 36.2 Å². The normalized spacial score (nSPS) is 19.4. The van der Waals surface area contributed by atoms with Crippen LogP contribution < -0.4 is 5.73 Å². The molecule has 0 amide bonds. The number of hydrogen-bond acceptors (Lipinski definition) is 3. The minimum atomic E-state index is 0.198. The molecule has 3 nitrogen and oxygen atoms in total. The van der Waals surface area contributed by atoms with E-state index < -0.39 is 0 Å². The highest BCUT2D eigenvalue weighted by Gasteiger charge is 2.19. The van der Waals surface area contributed by atoms with Gasteiger partial charge in [0.15, 0.2) is 5.90 Å². The standard InChI is InChI=1S/C13H18N2O/c1-10-3-2-4-11(7-10)8-12-9-15-13(16-12)5-6-14/h2-4,7,12H,5-6,8-9,14H2,1H3. The van der Waals surface area contributed by atoms with E-state index in [1.165, 1.54) is 11.1 Å². The molecule has 0 aliphatic carbocycles. The molecule has 1 unspecified atom stereocenters. The number of benzene rings is 1. The number of aryl methyl sites for hydroxylation is 1. The average molecular weight is 218 g/mol. The zero-order chi connectivity index (χ0) is 11.4. The smallest absolute Gasteiger partial charge is 0.185 e. The van der Waals surface area contributed by atoms with Gasteiger partial charge in [-0.25, -0.2) is 0 Å². The second-order valence-electron chi connectivity index (χ2n) is 4.21. The van der Waals surface area contributed by atoms with Gasteiger partial charge in [-0.3, -0.25) is 4.99 Å². The van der Waals surface area contributed by atoms with Gasteiger partial charge in [-0.2, -0.15) is 0 Å². The van der Waals surface area contributed by atoms with Crippen LogP contribution in [0.3, 0.4) is 0 Å². The fraction of sp³-hybridized carbons (Fsp3) is 0.462. The summed E-state index contributed by atoms with van der Waals surface area (Å²) in [4.78, 5) is 4.34. The van der Waals surface area contributed by atoms with Gasteiger partial charge < -0.3 is 10.5 Å². The molecule has 0 saturated carbocycles. The third-order valence-electron chi connectivity index (χ3n) is 2.68. The van der Waals surface area contributed by atoms with Crippen molar-refractivity contribution in [1.82, 2.24) is 0 Å². The number of nitrogens with two attached hydrogens (primary N) is 1. The maximum absolute atomic E-state index is 5.72. The highest BCUT2D eigenvalue weighted by molar-refractivity contribution is 5.77. The number of rotatable bonds is 4. The molecule has 16 heavy (non-hydrogen) atoms. The molecule has 1 aromatic carbocycles. The lowest BCUT2D eigenvalue weighted by Gasteiger charge is -2.11. The Morgan fingerprint density at radius 1 is 1.50 bits per heavy atom. The Morgan fingerprint density at radius 3 is 3.12 bits per heavy atom. The zero-order valence-corrected chi connectivity index (χ0v) is 9.65. The molecule has 3 heteroatoms. The zero-order valence-electron chi connectivity index (χ0n) is 9.65. The number of nitrogens with zero attached hydrogens (tertiary/aromatic N) is 1. The van der Waals surface area contributed by atoms with E-state index in [-0.39, 0.29) is 6.10 Å². The first-order valence-corrected chi connectivity index (χ1v) is 5.73. The molecule has 0 bridgehead atoms. The van der Waals surface area contributed by atoms with Crippen LogP contribution in [0.25, 0.3) is 0 Å². The summed E-state index contributed by atoms with van der Waals surface area (Å²) in [6.45, 7) is 3.48. The van der Waals surface area contributed by atoms with E-state index in [0.29, 0.717) is 6.54 Å². The largest absolute Gasteiger partial charge is 0.475 e. The quantitative estimate of drug-likeness (QED) is 0.836. The molecule has 0 aromatic heterocycles. The lowest BCUT2D eigenvalue weighted by atomic mass is 10.1. The van der Waals surface area contributed by atoms with Crippen LogP contribution in [0.15, 0.2) is 29.3 Å². The van der Waals surface area contributed by atoms with Crippen LogP contribution in [-0.4, -0.2) is 25.1 Å². The third kappa shape index (κ3) is 2.83. The Morgan fingerprint density at radius 2 is 2.38 bits per heavy atom. The second kappa shape index (κ2) is 5.12. The first kappa shape index (κ1) is 11.1. The minimum absolute atomic E-state index is 0.198. The number of aliphatic imine (C=N–C) groups is 1. The molecule has 1 aromatic rings. The minimum Gasteiger partial charge on any atom is -0.475 e. The molecule has 2 N–H and O–H groups in total. The van der Waals surface area contributed by atoms with Crippen LogP contribution in [0.2, 0.25) is 0 Å². The predicted molar refractivity (Wildman–Crippen MR) is 65.7 cm³/mol. The molecular weight excluding hydrogens is 200 g/mol. The van der Waals surface area contributed by atoms with E-state index in [0.717, 1.165) is 25.3 Å². The van der Waals surface area contributed by atoms with E-state index in [1.54, 1.807) is 0 Å². The molecule has 0 fully saturated rings. The van der Waals surface area contributed by atoms with Gasteiger partial charge in [-0.15, -0.1) is 0 Å². The van der Waals surface area contributed by atoms with E-state index in [1.807, 2.05) is 0 Å². The van der Waals surface area contributed by atoms with Gasteiger partial charge in [0, 0.05) is 19.4 Å². The van der Waals surface area contributed by atoms with Crippen LogP contribution in [0.5, 0.6) is 0 Å². The lowest BCUT2D eigenvalue weighted by Crippen LogP contribution is -2.17. The topological polar surface area (TPSA) is 47.6 Å². The fourth-order valence-corrected chi connectivity index (χ4v) is 1.94. The molecule has 0 spiro atoms. The van der Waals surface area contributed by atoms with Crippen molar-refractivity contribution in [2.45, 2.75) is 25.9 Å². The van der Waals surface area contributed by atoms with Gasteiger partial charge in [0.2, 0.25) is 0 Å². The van der Waals surface area contributed by atoms with Gasteiger partial charge in [-0.1, -0.05) is 29.8 Å². The molecule has 1 atom stereocenters. The first-order chi connectivity index (χ1) is 7.78. The van der Waals surface area contributed by atoms with Crippen molar-refractivity contribution in [3.05, 3.63) is 35.4 Å². The van der Waals surface area contributed by atoms with Crippen molar-refractivity contribution in [3.63, 3.8) is 0 Å². The molecule has 0 saturated heterocycles. The van der Waals surface area contributed by atoms with E-state index in [4.69, 9.17) is 10.5 Å². The highest BCUT2D eigenvalue weighted by atomic mass is 16.5. The molecule has 0 radical (unpaired) electrons. The van der Waals surface area contributed by atoms with Crippen LogP contribution >= 0.6 is 0 Å². The fourth-order valence-electron chi connectivity index (χ4n) is 1.94. The maximum Gasteiger partial charge on any atom is 0.185 e. The molecule has 2 rings (SSSR count). The number of ether oxygens (including phenoxy) is 1. The third-order valence-corrected chi connectivity index (χ3v) is 2.68. The molecule has 1 aliphatic rings. The summed E-state index contributed by atoms with van der Waals surface area (Å²) in [5.41, 5.74) is 8.07. The summed E-state index contributed by atoms with van der Waals surface area (Å²) in [6.07, 6.45) is 1.88. The molecule has 86 valence electrons. The van der Waals surface area contributed by atoms with Gasteiger partial charge >= 0.3 is 0 Å². The summed E-state index contributed by atoms with van der Waals surface area (Å²) in [6, 6.07) is 8.53. The van der Waals surface area contributed by atoms with Gasteiger partial charge in [-0.05, 0) is 12.5 Å². The Kier molecular flexibility index (Phi) is 3.57. The van der Waals surface area contributed by atoms with Crippen LogP contribution in [0.4, 0.5) is 0 Å². The van der Waals surface area contributed by atoms with Crippen molar-refractivity contribution >= 4 is 5.90 Å². The predicted octanol–water partition coefficient (Wildman–Crippen LogP) is 1.68. The van der Waals surface area contributed by atoms with Crippen molar-refractivity contribution in [1.29, 1.82) is 0 Å². The van der Waals surface area contributed by atoms with Crippen molar-refractivity contribution in [3.8, 4) is 0 Å². The SMILES string of the molecule is Cc1cccc(CC2CN=C(CCN)O2)c1. The lowest BCUT2D eigenvalue weighted by molar-refractivity contribution is 0.219. The maximum atomic E-state index is 5.72. The van der Waals surface area contributed by atoms with Gasteiger partial charge in [0.1, 0.15) is 6.10 Å². The highest BCUT2D eigenvalue weighted by Crippen LogP contribution is 2.14. The van der Waals surface area contributed by atoms with E-state index in [9.17, 15) is 0 Å². The first-order valence-electron chi connectivity index (χ1n) is 5.73. The Balaban J connectivity index is 1.89. The summed E-state index contributed by atoms with van der Waals surface area (Å²) in [5.74, 6) is 0.820. The van der Waals surface area contributed by atoms with Crippen molar-refractivity contribution < 1.29 is 4.74 Å². The molecule has 1 heterocycles. The second-order valence-corrected chi connectivity index (χ2v) is 4.21. The summed E-state index contributed by atoms with van der Waals surface area (Å²) in [5, 5.41) is 0. The summed E-state index contributed by atoms with van der Waals surface area (Å²) >= 11 is 0. The Hall–Kier alpha value is -1.35. The van der Waals surface area contributed by atoms with Crippen molar-refractivity contribution in [2.24, 2.45) is 10.7 Å². The number of hydrogen-bond donors (Lipinski definition) is 1. The van der Waals surface area contributed by atoms with E-state index >= 15 is 0 Å². The van der Waals surface area contributed by atoms with Crippen molar-refractivity contribution in [2.75, 3.05) is 13.1 Å². The summed E-state index contributed by atoms with van der Waals surface area (Å²) in [7, 11) is 0. The van der Waals surface area contributed by atoms with Crippen LogP contribution in [0, 0.1) is 6.92 Å². The Bertz CT molecular complexity index is 387.